The number of benzene rings is 3. The summed E-state index contributed by atoms with van der Waals surface area (Å²) in [4.78, 5) is 4.67. The minimum atomic E-state index is -0.140. The topological polar surface area (TPSA) is 32.6 Å². The van der Waals surface area contributed by atoms with Gasteiger partial charge in [-0.25, -0.2) is 0 Å². The third-order valence-electron chi connectivity index (χ3n) is 5.84. The van der Waals surface area contributed by atoms with Gasteiger partial charge in [-0.05, 0) is 40.3 Å². The van der Waals surface area contributed by atoms with E-state index in [4.69, 9.17) is 0 Å². The minimum absolute atomic E-state index is 0.00156. The Balaban J connectivity index is 2.20. The van der Waals surface area contributed by atoms with Crippen molar-refractivity contribution in [1.82, 2.24) is 0 Å². The van der Waals surface area contributed by atoms with Crippen LogP contribution in [0.5, 0.6) is 5.75 Å². The Hall–Kier alpha value is -2.44. The zero-order chi connectivity index (χ0) is 23.7. The molecule has 1 N–H and O–H groups in total. The van der Waals surface area contributed by atoms with Gasteiger partial charge in [0.1, 0.15) is 5.75 Å². The Morgan fingerprint density at radius 2 is 1.50 bits per heavy atom. The lowest BCUT2D eigenvalue weighted by atomic mass is 9.80. The summed E-state index contributed by atoms with van der Waals surface area (Å²) in [7, 11) is 2.19. The van der Waals surface area contributed by atoms with Gasteiger partial charge in [0.15, 0.2) is 0 Å². The second-order valence-corrected chi connectivity index (χ2v) is 11.8. The Morgan fingerprint density at radius 1 is 0.844 bits per heavy atom. The second-order valence-electron chi connectivity index (χ2n) is 10.5. The van der Waals surface area contributed by atoms with Crippen molar-refractivity contribution >= 4 is 24.9 Å². The van der Waals surface area contributed by atoms with Crippen molar-refractivity contribution in [2.45, 2.75) is 59.3 Å². The van der Waals surface area contributed by atoms with Crippen LogP contribution in [-0.4, -0.2) is 17.9 Å². The van der Waals surface area contributed by atoms with Crippen LogP contribution in [0.15, 0.2) is 65.7 Å². The summed E-state index contributed by atoms with van der Waals surface area (Å²) < 4.78 is 0. The number of aryl methyl sites for hydroxylation is 1. The first-order valence-electron chi connectivity index (χ1n) is 11.2. The van der Waals surface area contributed by atoms with Gasteiger partial charge in [-0.3, -0.25) is 4.99 Å². The summed E-state index contributed by atoms with van der Waals surface area (Å²) in [6.07, 6.45) is 0. The Kier molecular flexibility index (Phi) is 6.96. The summed E-state index contributed by atoms with van der Waals surface area (Å²) >= 11 is 0. The molecule has 3 heteroatoms. The molecular formula is C29H36NOP. The van der Waals surface area contributed by atoms with E-state index in [0.717, 1.165) is 27.7 Å². The van der Waals surface area contributed by atoms with Crippen LogP contribution in [0.4, 0.5) is 0 Å². The van der Waals surface area contributed by atoms with Crippen molar-refractivity contribution in [1.29, 1.82) is 0 Å². The van der Waals surface area contributed by atoms with Gasteiger partial charge >= 0.3 is 0 Å². The first-order valence-corrected chi connectivity index (χ1v) is 12.2. The molecule has 3 aromatic rings. The summed E-state index contributed by atoms with van der Waals surface area (Å²) in [5.41, 5.74) is 6.57. The smallest absolute Gasteiger partial charge is 0.127 e. The molecule has 0 bridgehead atoms. The zero-order valence-corrected chi connectivity index (χ0v) is 21.7. The molecule has 2 nitrogen and oxygen atoms in total. The van der Waals surface area contributed by atoms with Crippen LogP contribution in [0.1, 0.15) is 69.4 Å². The predicted octanol–water partition coefficient (Wildman–Crippen LogP) is 6.39. The van der Waals surface area contributed by atoms with Crippen LogP contribution < -0.4 is 10.6 Å². The summed E-state index contributed by atoms with van der Waals surface area (Å²) in [5, 5.41) is 13.6. The number of nitrogens with zero attached hydrogens (tertiary/aromatic N) is 1. The highest BCUT2D eigenvalue weighted by atomic mass is 31.1. The summed E-state index contributed by atoms with van der Waals surface area (Å²) in [6, 6.07) is 21.1. The van der Waals surface area contributed by atoms with Crippen molar-refractivity contribution in [2.24, 2.45) is 4.99 Å². The van der Waals surface area contributed by atoms with Crippen LogP contribution in [-0.2, 0) is 10.8 Å². The number of phenolic OH excluding ortho intramolecular Hbond substituents is 1. The highest BCUT2D eigenvalue weighted by molar-refractivity contribution is 7.56. The van der Waals surface area contributed by atoms with E-state index in [1.54, 1.807) is 0 Å². The van der Waals surface area contributed by atoms with Gasteiger partial charge < -0.3 is 5.11 Å². The minimum Gasteiger partial charge on any atom is -0.507 e. The SMILES string of the molecule is CN=C(c1ccccc1)c1cccc(C)c1Pc1cc(C(C)(C)C)cc(C(C)(C)C)c1O. The predicted molar refractivity (Wildman–Crippen MR) is 142 cm³/mol. The normalized spacial score (nSPS) is 13.2. The molecule has 32 heavy (non-hydrogen) atoms. The average molecular weight is 446 g/mol. The van der Waals surface area contributed by atoms with E-state index in [1.807, 2.05) is 25.2 Å². The first kappa shape index (κ1) is 24.2. The van der Waals surface area contributed by atoms with E-state index in [2.05, 4.69) is 95.9 Å². The quantitative estimate of drug-likeness (QED) is 0.366. The maximum Gasteiger partial charge on any atom is 0.127 e. The van der Waals surface area contributed by atoms with Crippen LogP contribution in [0.2, 0.25) is 0 Å². The molecule has 1 atom stereocenters. The van der Waals surface area contributed by atoms with Gasteiger partial charge in [0.05, 0.1) is 5.71 Å². The molecule has 0 radical (unpaired) electrons. The fourth-order valence-corrected chi connectivity index (χ4v) is 5.27. The molecule has 0 saturated carbocycles. The number of hydrogen-bond donors (Lipinski definition) is 1. The van der Waals surface area contributed by atoms with Crippen molar-refractivity contribution < 1.29 is 5.11 Å². The maximum atomic E-state index is 11.3. The standard InChI is InChI=1S/C29H36NOP/c1-19-13-12-16-22(25(30-8)20-14-10-9-11-15-20)27(19)32-24-18-21(28(2,3)4)17-23(26(24)31)29(5,6)7/h9-18,31-32H,1-8H3. The van der Waals surface area contributed by atoms with E-state index in [9.17, 15) is 5.11 Å². The second kappa shape index (κ2) is 9.20. The maximum absolute atomic E-state index is 11.3. The monoisotopic (exact) mass is 445 g/mol. The van der Waals surface area contributed by atoms with Gasteiger partial charge in [-0.15, -0.1) is 0 Å². The van der Waals surface area contributed by atoms with Crippen molar-refractivity contribution in [2.75, 3.05) is 7.05 Å². The van der Waals surface area contributed by atoms with Crippen LogP contribution >= 0.6 is 8.58 Å². The third kappa shape index (κ3) is 5.13. The molecule has 3 aromatic carbocycles. The molecule has 0 spiro atoms. The molecule has 0 amide bonds. The van der Waals surface area contributed by atoms with Crippen LogP contribution in [0.3, 0.4) is 0 Å². The molecule has 1 unspecified atom stereocenters. The van der Waals surface area contributed by atoms with Gasteiger partial charge in [0.2, 0.25) is 0 Å². The van der Waals surface area contributed by atoms with E-state index in [1.165, 1.54) is 16.4 Å². The molecule has 0 fully saturated rings. The molecule has 0 aliphatic rings. The zero-order valence-electron chi connectivity index (χ0n) is 20.7. The molecular weight excluding hydrogens is 409 g/mol. The molecule has 0 heterocycles. The number of aliphatic imine (C=N–C) groups is 1. The van der Waals surface area contributed by atoms with E-state index < -0.39 is 0 Å². The molecule has 168 valence electrons. The van der Waals surface area contributed by atoms with E-state index in [0.29, 0.717) is 14.3 Å². The fraction of sp³-hybridized carbons (Fsp3) is 0.345. The summed E-state index contributed by atoms with van der Waals surface area (Å²) in [6.45, 7) is 15.3. The molecule has 0 aliphatic carbocycles. The lowest BCUT2D eigenvalue weighted by Crippen LogP contribution is -2.23. The van der Waals surface area contributed by atoms with E-state index in [-0.39, 0.29) is 10.8 Å². The Morgan fingerprint density at radius 3 is 2.06 bits per heavy atom. The highest BCUT2D eigenvalue weighted by Crippen LogP contribution is 2.37. The van der Waals surface area contributed by atoms with Crippen molar-refractivity contribution in [3.63, 3.8) is 0 Å². The first-order chi connectivity index (χ1) is 14.9. The Bertz CT molecular complexity index is 1130. The van der Waals surface area contributed by atoms with Gasteiger partial charge in [-0.2, -0.15) is 0 Å². The van der Waals surface area contributed by atoms with Crippen LogP contribution in [0, 0.1) is 6.92 Å². The number of aromatic hydroxyl groups is 1. The van der Waals surface area contributed by atoms with Gasteiger partial charge in [-0.1, -0.05) is 105 Å². The van der Waals surface area contributed by atoms with Crippen molar-refractivity contribution in [3.05, 3.63) is 88.5 Å². The molecule has 3 rings (SSSR count). The fourth-order valence-electron chi connectivity index (χ4n) is 3.90. The lowest BCUT2D eigenvalue weighted by Gasteiger charge is -2.28. The van der Waals surface area contributed by atoms with E-state index >= 15 is 0 Å². The van der Waals surface area contributed by atoms with Crippen LogP contribution in [0.25, 0.3) is 0 Å². The number of rotatable bonds is 4. The largest absolute Gasteiger partial charge is 0.507 e. The molecule has 0 aromatic heterocycles. The summed E-state index contributed by atoms with van der Waals surface area (Å²) in [5.74, 6) is 0.424. The van der Waals surface area contributed by atoms with Crippen molar-refractivity contribution in [3.8, 4) is 5.75 Å². The average Bonchev–Trinajstić information content (AvgIpc) is 2.71. The lowest BCUT2D eigenvalue weighted by molar-refractivity contribution is 0.449. The highest BCUT2D eigenvalue weighted by Gasteiger charge is 2.26. The van der Waals surface area contributed by atoms with Gasteiger partial charge in [0, 0.05) is 29.0 Å². The molecule has 0 aliphatic heterocycles. The Labute approximate surface area is 195 Å². The number of phenols is 1. The number of hydrogen-bond acceptors (Lipinski definition) is 2. The molecule has 0 saturated heterocycles. The third-order valence-corrected chi connectivity index (χ3v) is 7.41. The van der Waals surface area contributed by atoms with Gasteiger partial charge in [0.25, 0.3) is 0 Å².